The summed E-state index contributed by atoms with van der Waals surface area (Å²) in [7, 11) is 0. The number of benzene rings is 1. The first-order valence-electron chi connectivity index (χ1n) is 5.75. The van der Waals surface area contributed by atoms with E-state index in [1.165, 1.54) is 11.3 Å². The van der Waals surface area contributed by atoms with Crippen LogP contribution in [-0.2, 0) is 0 Å². The molecule has 0 aliphatic carbocycles. The maximum Gasteiger partial charge on any atom is 0.268 e. The lowest BCUT2D eigenvalue weighted by Crippen LogP contribution is -2.11. The number of aromatic nitrogens is 2. The number of H-pyrrole nitrogens is 1. The molecule has 3 aromatic rings. The molecule has 96 valence electrons. The Bertz CT molecular complexity index is 706. The highest BCUT2D eigenvalue weighted by atomic mass is 32.1. The van der Waals surface area contributed by atoms with Gasteiger partial charge in [0.05, 0.1) is 15.9 Å². The van der Waals surface area contributed by atoms with Crippen molar-refractivity contribution in [1.82, 2.24) is 9.97 Å². The lowest BCUT2D eigenvalue weighted by Gasteiger charge is -1.97. The molecule has 0 aliphatic rings. The lowest BCUT2D eigenvalue weighted by molar-refractivity contribution is 0.103. The van der Waals surface area contributed by atoms with Gasteiger partial charge in [0.25, 0.3) is 5.91 Å². The number of thiophene rings is 1. The smallest absolute Gasteiger partial charge is 0.268 e. The van der Waals surface area contributed by atoms with Crippen molar-refractivity contribution in [3.63, 3.8) is 0 Å². The van der Waals surface area contributed by atoms with E-state index in [9.17, 15) is 4.79 Å². The van der Waals surface area contributed by atoms with Gasteiger partial charge in [-0.3, -0.25) is 10.1 Å². The molecule has 6 heteroatoms. The van der Waals surface area contributed by atoms with Gasteiger partial charge in [-0.05, 0) is 25.1 Å². The van der Waals surface area contributed by atoms with Gasteiger partial charge in [0.2, 0.25) is 5.95 Å². The third kappa shape index (κ3) is 2.17. The molecular formula is C13H12N4OS. The molecule has 0 bridgehead atoms. The second-order valence-corrected chi connectivity index (χ2v) is 5.44. The summed E-state index contributed by atoms with van der Waals surface area (Å²) in [5.41, 5.74) is 8.09. The highest BCUT2D eigenvalue weighted by Gasteiger charge is 2.12. The Morgan fingerprint density at radius 1 is 1.42 bits per heavy atom. The van der Waals surface area contributed by atoms with Crippen LogP contribution in [0.5, 0.6) is 0 Å². The van der Waals surface area contributed by atoms with Crippen molar-refractivity contribution < 1.29 is 4.79 Å². The minimum atomic E-state index is -0.205. The Balaban J connectivity index is 1.86. The maximum absolute atomic E-state index is 12.0. The standard InChI is InChI=1S/C13H12N4OS/c1-7-8(14)6-11(19-7)12(18)17-13-15-9-4-2-3-5-10(9)16-13/h2-6H,14H2,1H3,(H2,15,16,17,18). The second kappa shape index (κ2) is 4.40. The van der Waals surface area contributed by atoms with Gasteiger partial charge < -0.3 is 10.7 Å². The molecule has 0 saturated carbocycles. The number of fused-ring (bicyclic) bond motifs is 1. The van der Waals surface area contributed by atoms with Gasteiger partial charge in [0.1, 0.15) is 0 Å². The highest BCUT2D eigenvalue weighted by molar-refractivity contribution is 7.14. The Hall–Kier alpha value is -2.34. The van der Waals surface area contributed by atoms with E-state index in [2.05, 4.69) is 15.3 Å². The van der Waals surface area contributed by atoms with Crippen molar-refractivity contribution in [1.29, 1.82) is 0 Å². The second-order valence-electron chi connectivity index (χ2n) is 4.18. The number of nitrogens with two attached hydrogens (primary N) is 1. The molecule has 4 N–H and O–H groups in total. The number of hydrogen-bond acceptors (Lipinski definition) is 4. The molecule has 0 atom stereocenters. The molecule has 3 rings (SSSR count). The Labute approximate surface area is 113 Å². The van der Waals surface area contributed by atoms with Gasteiger partial charge in [-0.15, -0.1) is 11.3 Å². The number of nitrogens with zero attached hydrogens (tertiary/aromatic N) is 1. The molecule has 0 saturated heterocycles. The SMILES string of the molecule is Cc1sc(C(=O)Nc2nc3ccccc3[nH]2)cc1N. The summed E-state index contributed by atoms with van der Waals surface area (Å²) < 4.78 is 0. The molecule has 2 aromatic heterocycles. The van der Waals surface area contributed by atoms with E-state index in [4.69, 9.17) is 5.73 Å². The first-order valence-corrected chi connectivity index (χ1v) is 6.57. The van der Waals surface area contributed by atoms with Crippen LogP contribution in [-0.4, -0.2) is 15.9 Å². The van der Waals surface area contributed by atoms with Crippen LogP contribution in [0.25, 0.3) is 11.0 Å². The van der Waals surface area contributed by atoms with Gasteiger partial charge in [0, 0.05) is 10.6 Å². The number of imidazole rings is 1. The number of anilines is 2. The fourth-order valence-corrected chi connectivity index (χ4v) is 2.63. The van der Waals surface area contributed by atoms with Crippen molar-refractivity contribution in [3.05, 3.63) is 40.1 Å². The third-order valence-corrected chi connectivity index (χ3v) is 3.87. The largest absolute Gasteiger partial charge is 0.398 e. The molecule has 2 heterocycles. The van der Waals surface area contributed by atoms with Crippen LogP contribution in [0.4, 0.5) is 11.6 Å². The number of amides is 1. The number of carbonyl (C=O) groups is 1. The average molecular weight is 272 g/mol. The van der Waals surface area contributed by atoms with Gasteiger partial charge >= 0.3 is 0 Å². The molecule has 1 amide bonds. The van der Waals surface area contributed by atoms with E-state index >= 15 is 0 Å². The summed E-state index contributed by atoms with van der Waals surface area (Å²) in [6.45, 7) is 1.89. The highest BCUT2D eigenvalue weighted by Crippen LogP contribution is 2.24. The Morgan fingerprint density at radius 3 is 2.89 bits per heavy atom. The minimum Gasteiger partial charge on any atom is -0.398 e. The predicted molar refractivity (Wildman–Crippen MR) is 77.5 cm³/mol. The number of rotatable bonds is 2. The van der Waals surface area contributed by atoms with Crippen LogP contribution < -0.4 is 11.1 Å². The maximum atomic E-state index is 12.0. The zero-order valence-corrected chi connectivity index (χ0v) is 11.0. The number of aromatic amines is 1. The van der Waals surface area contributed by atoms with Gasteiger partial charge in [-0.1, -0.05) is 12.1 Å². The van der Waals surface area contributed by atoms with Crippen molar-refractivity contribution in [3.8, 4) is 0 Å². The van der Waals surface area contributed by atoms with E-state index in [-0.39, 0.29) is 5.91 Å². The van der Waals surface area contributed by atoms with Crippen LogP contribution in [0.15, 0.2) is 30.3 Å². The topological polar surface area (TPSA) is 83.8 Å². The molecule has 1 aromatic carbocycles. The van der Waals surface area contributed by atoms with E-state index < -0.39 is 0 Å². The quantitative estimate of drug-likeness (QED) is 0.670. The lowest BCUT2D eigenvalue weighted by atomic mass is 10.3. The van der Waals surface area contributed by atoms with Crippen LogP contribution in [0, 0.1) is 6.92 Å². The summed E-state index contributed by atoms with van der Waals surface area (Å²) in [6.07, 6.45) is 0. The van der Waals surface area contributed by atoms with Crippen molar-refractivity contribution in [2.24, 2.45) is 0 Å². The number of nitrogen functional groups attached to an aromatic ring is 1. The van der Waals surface area contributed by atoms with Crippen molar-refractivity contribution in [2.75, 3.05) is 11.1 Å². The first kappa shape index (κ1) is 11.7. The number of hydrogen-bond donors (Lipinski definition) is 3. The molecule has 0 radical (unpaired) electrons. The fourth-order valence-electron chi connectivity index (χ4n) is 1.79. The molecule has 0 unspecified atom stereocenters. The van der Waals surface area contributed by atoms with Crippen LogP contribution in [0.2, 0.25) is 0 Å². The minimum absolute atomic E-state index is 0.205. The van der Waals surface area contributed by atoms with Crippen LogP contribution in [0.3, 0.4) is 0 Å². The first-order chi connectivity index (χ1) is 9.13. The molecular weight excluding hydrogens is 260 g/mol. The number of carbonyl (C=O) groups excluding carboxylic acids is 1. The summed E-state index contributed by atoms with van der Waals surface area (Å²) in [5.74, 6) is 0.236. The number of aryl methyl sites for hydroxylation is 1. The van der Waals surface area contributed by atoms with Crippen molar-refractivity contribution in [2.45, 2.75) is 6.92 Å². The number of nitrogens with one attached hydrogen (secondary N) is 2. The average Bonchev–Trinajstić information content (AvgIpc) is 2.93. The third-order valence-electron chi connectivity index (χ3n) is 2.80. The normalized spacial score (nSPS) is 10.8. The molecule has 0 aliphatic heterocycles. The molecule has 0 fully saturated rings. The van der Waals surface area contributed by atoms with E-state index in [0.717, 1.165) is 15.9 Å². The zero-order valence-electron chi connectivity index (χ0n) is 10.2. The molecule has 19 heavy (non-hydrogen) atoms. The fraction of sp³-hybridized carbons (Fsp3) is 0.0769. The van der Waals surface area contributed by atoms with Gasteiger partial charge in [0.15, 0.2) is 0 Å². The summed E-state index contributed by atoms with van der Waals surface area (Å²) >= 11 is 1.37. The van der Waals surface area contributed by atoms with Gasteiger partial charge in [-0.2, -0.15) is 0 Å². The Morgan fingerprint density at radius 2 is 2.21 bits per heavy atom. The van der Waals surface area contributed by atoms with Gasteiger partial charge in [-0.25, -0.2) is 4.98 Å². The van der Waals surface area contributed by atoms with E-state index in [1.807, 2.05) is 31.2 Å². The van der Waals surface area contributed by atoms with E-state index in [0.29, 0.717) is 16.5 Å². The molecule has 5 nitrogen and oxygen atoms in total. The van der Waals surface area contributed by atoms with Crippen LogP contribution in [0.1, 0.15) is 14.5 Å². The van der Waals surface area contributed by atoms with Crippen LogP contribution >= 0.6 is 11.3 Å². The monoisotopic (exact) mass is 272 g/mol. The Kier molecular flexibility index (Phi) is 2.72. The summed E-state index contributed by atoms with van der Waals surface area (Å²) in [4.78, 5) is 20.9. The summed E-state index contributed by atoms with van der Waals surface area (Å²) in [5, 5.41) is 2.74. The zero-order chi connectivity index (χ0) is 13.4. The summed E-state index contributed by atoms with van der Waals surface area (Å²) in [6, 6.07) is 9.28. The van der Waals surface area contributed by atoms with Crippen molar-refractivity contribution >= 4 is 39.9 Å². The molecule has 0 spiro atoms. The predicted octanol–water partition coefficient (Wildman–Crippen LogP) is 2.77. The number of para-hydroxylation sites is 2. The van der Waals surface area contributed by atoms with E-state index in [1.54, 1.807) is 6.07 Å².